The molecular formula is C20H23Cl2N5O6. The van der Waals surface area contributed by atoms with Crippen molar-refractivity contribution in [2.24, 2.45) is 0 Å². The third-order valence-corrected chi connectivity index (χ3v) is 6.29. The third-order valence-electron chi connectivity index (χ3n) is 5.34. The van der Waals surface area contributed by atoms with Crippen LogP contribution in [0.3, 0.4) is 0 Å². The summed E-state index contributed by atoms with van der Waals surface area (Å²) in [5.41, 5.74) is 0.156. The summed E-state index contributed by atoms with van der Waals surface area (Å²) in [6.45, 7) is 4.19. The van der Waals surface area contributed by atoms with Gasteiger partial charge in [0.25, 0.3) is 5.91 Å². The van der Waals surface area contributed by atoms with Crippen LogP contribution in [0.1, 0.15) is 39.9 Å². The number of anilines is 1. The minimum absolute atomic E-state index is 0.0834. The second-order valence-electron chi connectivity index (χ2n) is 7.38. The first-order chi connectivity index (χ1) is 15.7. The highest BCUT2D eigenvalue weighted by atomic mass is 35.5. The van der Waals surface area contributed by atoms with Crippen molar-refractivity contribution in [2.45, 2.75) is 32.4 Å². The lowest BCUT2D eigenvalue weighted by Crippen LogP contribution is -2.55. The highest BCUT2D eigenvalue weighted by Gasteiger charge is 2.33. The van der Waals surface area contributed by atoms with Crippen LogP contribution in [0, 0.1) is 17.0 Å². The summed E-state index contributed by atoms with van der Waals surface area (Å²) in [5, 5.41) is 14.6. The van der Waals surface area contributed by atoms with Gasteiger partial charge in [0.2, 0.25) is 0 Å². The second kappa shape index (κ2) is 10.4. The van der Waals surface area contributed by atoms with Gasteiger partial charge < -0.3 is 24.7 Å². The summed E-state index contributed by atoms with van der Waals surface area (Å²) in [6, 6.07) is 1.00. The number of ether oxygens (including phenoxy) is 2. The number of aromatic nitrogens is 2. The topological polar surface area (TPSA) is 140 Å². The quantitative estimate of drug-likeness (QED) is 0.336. The molecule has 1 aliphatic heterocycles. The Morgan fingerprint density at radius 1 is 1.39 bits per heavy atom. The summed E-state index contributed by atoms with van der Waals surface area (Å²) in [4.78, 5) is 44.4. The minimum atomic E-state index is -0.796. The van der Waals surface area contributed by atoms with Gasteiger partial charge in [-0.3, -0.25) is 14.9 Å². The normalized spacial score (nSPS) is 18.2. The van der Waals surface area contributed by atoms with Crippen LogP contribution in [-0.4, -0.2) is 65.7 Å². The van der Waals surface area contributed by atoms with Gasteiger partial charge in [-0.15, -0.1) is 0 Å². The number of esters is 1. The maximum Gasteiger partial charge on any atom is 0.345 e. The molecule has 1 amide bonds. The Morgan fingerprint density at radius 3 is 2.70 bits per heavy atom. The summed E-state index contributed by atoms with van der Waals surface area (Å²) < 4.78 is 10.5. The van der Waals surface area contributed by atoms with Gasteiger partial charge >= 0.3 is 11.7 Å². The molecule has 2 aromatic rings. The predicted molar refractivity (Wildman–Crippen MR) is 121 cm³/mol. The summed E-state index contributed by atoms with van der Waals surface area (Å²) in [6.07, 6.45) is 1.11. The van der Waals surface area contributed by atoms with Crippen molar-refractivity contribution in [3.63, 3.8) is 0 Å². The number of nitro groups is 1. The Bertz CT molecular complexity index is 1080. The molecule has 3 rings (SSSR count). The van der Waals surface area contributed by atoms with E-state index in [1.165, 1.54) is 13.2 Å². The van der Waals surface area contributed by atoms with Crippen LogP contribution >= 0.6 is 23.2 Å². The molecule has 3 heterocycles. The van der Waals surface area contributed by atoms with Crippen LogP contribution in [0.15, 0.2) is 12.3 Å². The fourth-order valence-electron chi connectivity index (χ4n) is 3.63. The minimum Gasteiger partial charge on any atom is -0.462 e. The molecule has 0 unspecified atom stereocenters. The van der Waals surface area contributed by atoms with Crippen molar-refractivity contribution < 1.29 is 24.0 Å². The number of H-pyrrole nitrogens is 1. The van der Waals surface area contributed by atoms with Crippen LogP contribution in [0.2, 0.25) is 10.0 Å². The van der Waals surface area contributed by atoms with Crippen molar-refractivity contribution in [3.8, 4) is 0 Å². The number of nitrogens with zero attached hydrogens (tertiary/aromatic N) is 3. The van der Waals surface area contributed by atoms with Crippen LogP contribution in [0.25, 0.3) is 0 Å². The van der Waals surface area contributed by atoms with Crippen LogP contribution in [0.4, 0.5) is 11.5 Å². The first kappa shape index (κ1) is 24.7. The summed E-state index contributed by atoms with van der Waals surface area (Å²) in [7, 11) is 1.52. The average Bonchev–Trinajstić information content (AvgIpc) is 3.06. The molecule has 2 N–H and O–H groups in total. The molecule has 0 spiro atoms. The van der Waals surface area contributed by atoms with Gasteiger partial charge in [-0.1, -0.05) is 23.2 Å². The molecule has 0 saturated carbocycles. The molecule has 1 fully saturated rings. The number of hydrogen-bond acceptors (Lipinski definition) is 8. The molecule has 0 aliphatic carbocycles. The maximum absolute atomic E-state index is 12.7. The van der Waals surface area contributed by atoms with E-state index in [9.17, 15) is 19.7 Å². The Morgan fingerprint density at radius 2 is 2.12 bits per heavy atom. The Balaban J connectivity index is 1.77. The molecule has 2 atom stereocenters. The lowest BCUT2D eigenvalue weighted by Gasteiger charge is -2.38. The van der Waals surface area contributed by atoms with E-state index < -0.39 is 28.6 Å². The second-order valence-corrected chi connectivity index (χ2v) is 8.13. The SMILES string of the molecule is CCOC(=O)c1cc(N2CC[C@@H](NC(=O)c3[nH]c(C)c(Cl)c3Cl)[C@@H](OC)C2)ncc1[N+](=O)[O-]. The smallest absolute Gasteiger partial charge is 0.345 e. The fourth-order valence-corrected chi connectivity index (χ4v) is 4.04. The zero-order valence-electron chi connectivity index (χ0n) is 18.2. The molecule has 11 nitrogen and oxygen atoms in total. The van der Waals surface area contributed by atoms with Gasteiger partial charge in [-0.05, 0) is 20.3 Å². The largest absolute Gasteiger partial charge is 0.462 e. The Hall–Kier alpha value is -2.89. The van der Waals surface area contributed by atoms with Crippen molar-refractivity contribution in [3.05, 3.63) is 49.4 Å². The van der Waals surface area contributed by atoms with E-state index >= 15 is 0 Å². The number of nitrogens with one attached hydrogen (secondary N) is 2. The summed E-state index contributed by atoms with van der Waals surface area (Å²) >= 11 is 12.2. The highest BCUT2D eigenvalue weighted by molar-refractivity contribution is 6.44. The van der Waals surface area contributed by atoms with Crippen molar-refractivity contribution in [1.82, 2.24) is 15.3 Å². The number of aryl methyl sites for hydroxylation is 1. The van der Waals surface area contributed by atoms with E-state index in [1.807, 2.05) is 4.90 Å². The number of carbonyl (C=O) groups excluding carboxylic acids is 2. The molecule has 0 aromatic carbocycles. The van der Waals surface area contributed by atoms with Crippen LogP contribution in [0.5, 0.6) is 0 Å². The van der Waals surface area contributed by atoms with E-state index in [1.54, 1.807) is 13.8 Å². The van der Waals surface area contributed by atoms with Gasteiger partial charge in [0, 0.05) is 32.0 Å². The molecule has 33 heavy (non-hydrogen) atoms. The third kappa shape index (κ3) is 5.21. The average molecular weight is 500 g/mol. The van der Waals surface area contributed by atoms with Crippen LogP contribution < -0.4 is 10.2 Å². The number of carbonyl (C=O) groups is 2. The van der Waals surface area contributed by atoms with Gasteiger partial charge in [0.1, 0.15) is 23.3 Å². The highest BCUT2D eigenvalue weighted by Crippen LogP contribution is 2.30. The number of pyridine rings is 1. The first-order valence-electron chi connectivity index (χ1n) is 10.1. The Kier molecular flexibility index (Phi) is 7.77. The molecule has 178 valence electrons. The zero-order valence-corrected chi connectivity index (χ0v) is 19.7. The molecule has 0 radical (unpaired) electrons. The number of hydrogen-bond donors (Lipinski definition) is 2. The lowest BCUT2D eigenvalue weighted by molar-refractivity contribution is -0.385. The lowest BCUT2D eigenvalue weighted by atomic mass is 10.0. The van der Waals surface area contributed by atoms with E-state index in [-0.39, 0.29) is 28.9 Å². The monoisotopic (exact) mass is 499 g/mol. The molecule has 1 saturated heterocycles. The number of halogens is 2. The molecule has 13 heteroatoms. The maximum atomic E-state index is 12.7. The number of methoxy groups -OCH3 is 1. The van der Waals surface area contributed by atoms with Gasteiger partial charge in [-0.25, -0.2) is 9.78 Å². The van der Waals surface area contributed by atoms with Crippen molar-refractivity contribution >= 4 is 46.6 Å². The first-order valence-corrected chi connectivity index (χ1v) is 10.9. The van der Waals surface area contributed by atoms with E-state index in [0.717, 1.165) is 6.20 Å². The summed E-state index contributed by atoms with van der Waals surface area (Å²) in [5.74, 6) is -0.839. The number of piperidine rings is 1. The van der Waals surface area contributed by atoms with Crippen LogP contribution in [-0.2, 0) is 9.47 Å². The fraction of sp³-hybridized carbons (Fsp3) is 0.450. The zero-order chi connectivity index (χ0) is 24.3. The van der Waals surface area contributed by atoms with Crippen molar-refractivity contribution in [2.75, 3.05) is 31.7 Å². The Labute approximate surface area is 199 Å². The van der Waals surface area contributed by atoms with Crippen molar-refractivity contribution in [1.29, 1.82) is 0 Å². The van der Waals surface area contributed by atoms with Gasteiger partial charge in [-0.2, -0.15) is 0 Å². The molecular weight excluding hydrogens is 477 g/mol. The van der Waals surface area contributed by atoms with E-state index in [2.05, 4.69) is 15.3 Å². The van der Waals surface area contributed by atoms with Gasteiger partial charge in [0.05, 0.1) is 33.7 Å². The molecule has 0 bridgehead atoms. The number of amides is 1. The number of aromatic amines is 1. The molecule has 1 aliphatic rings. The standard InChI is InChI=1S/C20H23Cl2N5O6/c1-4-33-20(29)11-7-15(23-8-13(11)27(30)31)26-6-5-12(14(9-26)32-3)25-19(28)18-17(22)16(21)10(2)24-18/h7-8,12,14,24H,4-6,9H2,1-3H3,(H,25,28)/t12-,14+/m1/s1. The van der Waals surface area contributed by atoms with E-state index in [4.69, 9.17) is 32.7 Å². The van der Waals surface area contributed by atoms with Gasteiger partial charge in [0.15, 0.2) is 0 Å². The van der Waals surface area contributed by atoms with E-state index in [0.29, 0.717) is 36.0 Å². The predicted octanol–water partition coefficient (Wildman–Crippen LogP) is 3.13. The number of rotatable bonds is 7. The molecule has 2 aromatic heterocycles.